The number of aromatic nitrogens is 1. The molecule has 0 aromatic carbocycles. The van der Waals surface area contributed by atoms with E-state index in [9.17, 15) is 0 Å². The summed E-state index contributed by atoms with van der Waals surface area (Å²) >= 11 is 1.80. The van der Waals surface area contributed by atoms with Gasteiger partial charge < -0.3 is 10.2 Å². The molecule has 0 bridgehead atoms. The second-order valence-corrected chi connectivity index (χ2v) is 6.28. The molecular formula is C14H17N3S. The van der Waals surface area contributed by atoms with Crippen LogP contribution in [0.25, 0.3) is 10.1 Å². The molecule has 18 heavy (non-hydrogen) atoms. The summed E-state index contributed by atoms with van der Waals surface area (Å²) in [6.45, 7) is 3.47. The van der Waals surface area contributed by atoms with Crippen molar-refractivity contribution < 1.29 is 0 Å². The van der Waals surface area contributed by atoms with E-state index in [1.807, 2.05) is 6.20 Å². The average Bonchev–Trinajstić information content (AvgIpc) is 3.04. The Morgan fingerprint density at radius 3 is 3.28 bits per heavy atom. The number of rotatable bonds is 1. The molecule has 2 aromatic rings. The van der Waals surface area contributed by atoms with Crippen LogP contribution >= 0.6 is 11.3 Å². The molecule has 94 valence electrons. The number of anilines is 1. The predicted molar refractivity (Wildman–Crippen MR) is 76.3 cm³/mol. The first-order valence-electron chi connectivity index (χ1n) is 6.72. The first-order chi connectivity index (χ1) is 8.92. The number of nitrogens with one attached hydrogen (secondary N) is 1. The van der Waals surface area contributed by atoms with Crippen molar-refractivity contribution in [3.05, 3.63) is 23.7 Å². The van der Waals surface area contributed by atoms with Crippen LogP contribution in [0, 0.1) is 5.92 Å². The first kappa shape index (κ1) is 10.8. The van der Waals surface area contributed by atoms with Crippen molar-refractivity contribution in [1.82, 2.24) is 10.3 Å². The fourth-order valence-corrected chi connectivity index (χ4v) is 4.13. The zero-order chi connectivity index (χ0) is 11.9. The Kier molecular flexibility index (Phi) is 2.52. The fourth-order valence-electron chi connectivity index (χ4n) is 3.35. The minimum Gasteiger partial charge on any atom is -0.354 e. The summed E-state index contributed by atoms with van der Waals surface area (Å²) < 4.78 is 1.35. The third-order valence-electron chi connectivity index (χ3n) is 4.26. The van der Waals surface area contributed by atoms with Crippen molar-refractivity contribution in [3.63, 3.8) is 0 Å². The van der Waals surface area contributed by atoms with E-state index in [0.717, 1.165) is 12.5 Å². The van der Waals surface area contributed by atoms with E-state index >= 15 is 0 Å². The van der Waals surface area contributed by atoms with Gasteiger partial charge in [0.05, 0.1) is 0 Å². The fraction of sp³-hybridized carbons (Fsp3) is 0.500. The second-order valence-electron chi connectivity index (χ2n) is 5.33. The van der Waals surface area contributed by atoms with Crippen LogP contribution in [0.15, 0.2) is 23.7 Å². The third-order valence-corrected chi connectivity index (χ3v) is 5.14. The SMILES string of the molecule is c1cc2sccc2c(N2CC3CCCNC3C2)n1. The molecule has 2 aromatic heterocycles. The second kappa shape index (κ2) is 4.21. The van der Waals surface area contributed by atoms with Gasteiger partial charge in [-0.3, -0.25) is 0 Å². The molecule has 0 amide bonds. The number of hydrogen-bond donors (Lipinski definition) is 1. The molecule has 0 radical (unpaired) electrons. The van der Waals surface area contributed by atoms with E-state index in [2.05, 4.69) is 32.7 Å². The number of pyridine rings is 1. The number of hydrogen-bond acceptors (Lipinski definition) is 4. The van der Waals surface area contributed by atoms with Crippen LogP contribution < -0.4 is 10.2 Å². The highest BCUT2D eigenvalue weighted by Gasteiger charge is 2.35. The van der Waals surface area contributed by atoms with Gasteiger partial charge in [0.25, 0.3) is 0 Å². The maximum absolute atomic E-state index is 4.62. The molecule has 4 rings (SSSR count). The molecule has 2 saturated heterocycles. The number of piperidine rings is 1. The molecule has 2 fully saturated rings. The summed E-state index contributed by atoms with van der Waals surface area (Å²) in [4.78, 5) is 7.10. The maximum atomic E-state index is 4.62. The van der Waals surface area contributed by atoms with E-state index < -0.39 is 0 Å². The number of fused-ring (bicyclic) bond motifs is 2. The minimum absolute atomic E-state index is 0.675. The van der Waals surface area contributed by atoms with Crippen LogP contribution in [0.3, 0.4) is 0 Å². The standard InChI is InChI=1S/C14H17N3S/c1-2-10-8-17(9-12(10)15-5-1)14-11-4-7-18-13(11)3-6-16-14/h3-4,6-7,10,12,15H,1-2,5,8-9H2. The van der Waals surface area contributed by atoms with Crippen molar-refractivity contribution in [3.8, 4) is 0 Å². The van der Waals surface area contributed by atoms with E-state index in [4.69, 9.17) is 0 Å². The summed E-state index contributed by atoms with van der Waals surface area (Å²) in [7, 11) is 0. The monoisotopic (exact) mass is 259 g/mol. The Morgan fingerprint density at radius 1 is 1.33 bits per heavy atom. The van der Waals surface area contributed by atoms with Crippen molar-refractivity contribution in [2.75, 3.05) is 24.5 Å². The van der Waals surface area contributed by atoms with E-state index in [1.54, 1.807) is 11.3 Å². The normalized spacial score (nSPS) is 27.7. The van der Waals surface area contributed by atoms with Gasteiger partial charge in [-0.15, -0.1) is 11.3 Å². The van der Waals surface area contributed by atoms with Gasteiger partial charge in [0.1, 0.15) is 5.82 Å². The lowest BCUT2D eigenvalue weighted by molar-refractivity contribution is 0.340. The van der Waals surface area contributed by atoms with Crippen LogP contribution in [0.5, 0.6) is 0 Å². The van der Waals surface area contributed by atoms with Crippen molar-refractivity contribution in [1.29, 1.82) is 0 Å². The summed E-state index contributed by atoms with van der Waals surface area (Å²) in [6.07, 6.45) is 4.64. The molecule has 2 unspecified atom stereocenters. The summed E-state index contributed by atoms with van der Waals surface area (Å²) in [5, 5.41) is 7.14. The van der Waals surface area contributed by atoms with Gasteiger partial charge in [-0.05, 0) is 42.8 Å². The largest absolute Gasteiger partial charge is 0.354 e. The van der Waals surface area contributed by atoms with Crippen LogP contribution in [-0.2, 0) is 0 Å². The van der Waals surface area contributed by atoms with Gasteiger partial charge in [0.2, 0.25) is 0 Å². The Labute approximate surface area is 111 Å². The van der Waals surface area contributed by atoms with E-state index in [1.165, 1.54) is 41.8 Å². The number of nitrogens with zero attached hydrogens (tertiary/aromatic N) is 2. The molecule has 2 atom stereocenters. The van der Waals surface area contributed by atoms with Crippen LogP contribution in [0.1, 0.15) is 12.8 Å². The minimum atomic E-state index is 0.675. The molecular weight excluding hydrogens is 242 g/mol. The molecule has 3 nitrogen and oxygen atoms in total. The molecule has 2 aliphatic rings. The highest BCUT2D eigenvalue weighted by Crippen LogP contribution is 2.33. The average molecular weight is 259 g/mol. The lowest BCUT2D eigenvalue weighted by Gasteiger charge is -2.24. The van der Waals surface area contributed by atoms with Crippen molar-refractivity contribution in [2.24, 2.45) is 5.92 Å². The van der Waals surface area contributed by atoms with Crippen LogP contribution in [-0.4, -0.2) is 30.7 Å². The van der Waals surface area contributed by atoms with Crippen molar-refractivity contribution in [2.45, 2.75) is 18.9 Å². The van der Waals surface area contributed by atoms with Gasteiger partial charge in [-0.2, -0.15) is 0 Å². The zero-order valence-electron chi connectivity index (χ0n) is 10.3. The third kappa shape index (κ3) is 1.63. The number of thiophene rings is 1. The van der Waals surface area contributed by atoms with Crippen LogP contribution in [0.4, 0.5) is 5.82 Å². The van der Waals surface area contributed by atoms with E-state index in [0.29, 0.717) is 6.04 Å². The molecule has 4 heteroatoms. The van der Waals surface area contributed by atoms with Gasteiger partial charge in [0.15, 0.2) is 0 Å². The molecule has 2 aliphatic heterocycles. The Bertz CT molecular complexity index is 551. The van der Waals surface area contributed by atoms with Gasteiger partial charge in [0, 0.05) is 35.4 Å². The van der Waals surface area contributed by atoms with Gasteiger partial charge in [-0.1, -0.05) is 0 Å². The molecule has 4 heterocycles. The smallest absolute Gasteiger partial charge is 0.137 e. The van der Waals surface area contributed by atoms with Crippen molar-refractivity contribution >= 4 is 27.2 Å². The summed E-state index contributed by atoms with van der Waals surface area (Å²) in [6, 6.07) is 5.00. The summed E-state index contributed by atoms with van der Waals surface area (Å²) in [5.74, 6) is 2.00. The highest BCUT2D eigenvalue weighted by molar-refractivity contribution is 7.17. The lowest BCUT2D eigenvalue weighted by atomic mass is 9.94. The first-order valence-corrected chi connectivity index (χ1v) is 7.60. The zero-order valence-corrected chi connectivity index (χ0v) is 11.1. The topological polar surface area (TPSA) is 28.2 Å². The van der Waals surface area contributed by atoms with Gasteiger partial charge in [-0.25, -0.2) is 4.98 Å². The Balaban J connectivity index is 1.69. The highest BCUT2D eigenvalue weighted by atomic mass is 32.1. The Hall–Kier alpha value is -1.13. The maximum Gasteiger partial charge on any atom is 0.137 e. The van der Waals surface area contributed by atoms with E-state index in [-0.39, 0.29) is 0 Å². The molecule has 1 N–H and O–H groups in total. The quantitative estimate of drug-likeness (QED) is 0.853. The predicted octanol–water partition coefficient (Wildman–Crippen LogP) is 2.48. The molecule has 0 aliphatic carbocycles. The lowest BCUT2D eigenvalue weighted by Crippen LogP contribution is -2.40. The van der Waals surface area contributed by atoms with Gasteiger partial charge >= 0.3 is 0 Å². The molecule has 0 saturated carbocycles. The van der Waals surface area contributed by atoms with Crippen LogP contribution in [0.2, 0.25) is 0 Å². The Morgan fingerprint density at radius 2 is 2.33 bits per heavy atom. The summed E-state index contributed by atoms with van der Waals surface area (Å²) in [5.41, 5.74) is 0. The molecule has 0 spiro atoms.